The number of ether oxygens (including phenoxy) is 2. The maximum Gasteiger partial charge on any atom is 0.253 e. The van der Waals surface area contributed by atoms with Gasteiger partial charge in [0.1, 0.15) is 11.5 Å². The zero-order valence-electron chi connectivity index (χ0n) is 14.7. The summed E-state index contributed by atoms with van der Waals surface area (Å²) in [5.74, 6) is 0.271. The third-order valence-corrected chi connectivity index (χ3v) is 3.88. The van der Waals surface area contributed by atoms with Crippen LogP contribution in [0.3, 0.4) is 0 Å². The average molecular weight is 378 g/mol. The molecule has 0 atom stereocenters. The number of hydrogen-bond acceptors (Lipinski definition) is 5. The summed E-state index contributed by atoms with van der Waals surface area (Å²) in [4.78, 5) is 24.1. The fourth-order valence-corrected chi connectivity index (χ4v) is 2.53. The normalized spacial score (nSPS) is 10.0. The van der Waals surface area contributed by atoms with Gasteiger partial charge >= 0.3 is 0 Å². The minimum atomic E-state index is -0.320. The van der Waals surface area contributed by atoms with Crippen molar-refractivity contribution in [2.75, 3.05) is 38.4 Å². The average Bonchev–Trinajstić information content (AvgIpc) is 2.66. The fraction of sp³-hybridized carbons (Fsp3) is 0.222. The fourth-order valence-electron chi connectivity index (χ4n) is 2.30. The Hall–Kier alpha value is -2.93. The smallest absolute Gasteiger partial charge is 0.253 e. The molecule has 0 bridgehead atoms. The number of anilines is 2. The Labute approximate surface area is 156 Å². The van der Waals surface area contributed by atoms with Crippen molar-refractivity contribution in [2.45, 2.75) is 0 Å². The number of carbonyl (C=O) groups is 2. The van der Waals surface area contributed by atoms with Crippen LogP contribution in [-0.4, -0.2) is 39.6 Å². The summed E-state index contributed by atoms with van der Waals surface area (Å²) in [6.45, 7) is -0.0396. The van der Waals surface area contributed by atoms with Crippen molar-refractivity contribution in [3.63, 3.8) is 0 Å². The van der Waals surface area contributed by atoms with Crippen molar-refractivity contribution in [3.8, 4) is 11.5 Å². The number of carbonyl (C=O) groups excluding carboxylic acids is 2. The molecule has 138 valence electrons. The first-order chi connectivity index (χ1) is 12.5. The van der Waals surface area contributed by atoms with Crippen molar-refractivity contribution in [3.05, 3.63) is 47.0 Å². The zero-order valence-corrected chi connectivity index (χ0v) is 15.4. The van der Waals surface area contributed by atoms with E-state index in [0.29, 0.717) is 33.5 Å². The van der Waals surface area contributed by atoms with Crippen molar-refractivity contribution in [1.29, 1.82) is 0 Å². The second kappa shape index (κ2) is 8.96. The third-order valence-electron chi connectivity index (χ3n) is 3.59. The first-order valence-electron chi connectivity index (χ1n) is 7.76. The highest BCUT2D eigenvalue weighted by atomic mass is 35.5. The molecule has 26 heavy (non-hydrogen) atoms. The van der Waals surface area contributed by atoms with Crippen molar-refractivity contribution in [2.24, 2.45) is 0 Å². The van der Waals surface area contributed by atoms with E-state index in [2.05, 4.69) is 16.0 Å². The molecule has 7 nitrogen and oxygen atoms in total. The zero-order chi connectivity index (χ0) is 19.1. The van der Waals surface area contributed by atoms with E-state index in [4.69, 9.17) is 21.1 Å². The lowest BCUT2D eigenvalue weighted by Crippen LogP contribution is -2.24. The van der Waals surface area contributed by atoms with E-state index >= 15 is 0 Å². The van der Waals surface area contributed by atoms with Crippen molar-refractivity contribution >= 4 is 34.8 Å². The SMILES string of the molecule is CNC(=O)c1ccccc1NCC(=O)Nc1cc(OC)c(Cl)cc1OC. The Morgan fingerprint density at radius 2 is 1.73 bits per heavy atom. The summed E-state index contributed by atoms with van der Waals surface area (Å²) in [6.07, 6.45) is 0. The molecule has 0 aliphatic carbocycles. The number of methoxy groups -OCH3 is 2. The predicted octanol–water partition coefficient (Wildman–Crippen LogP) is 2.77. The van der Waals surface area contributed by atoms with E-state index in [1.807, 2.05) is 0 Å². The van der Waals surface area contributed by atoms with Gasteiger partial charge in [-0.1, -0.05) is 23.7 Å². The molecule has 8 heteroatoms. The molecule has 2 amide bonds. The van der Waals surface area contributed by atoms with Gasteiger partial charge in [0, 0.05) is 24.9 Å². The maximum absolute atomic E-state index is 12.3. The second-order valence-corrected chi connectivity index (χ2v) is 5.62. The molecule has 0 unspecified atom stereocenters. The van der Waals surface area contributed by atoms with Crippen LogP contribution in [0.15, 0.2) is 36.4 Å². The molecule has 2 rings (SSSR count). The number of halogens is 1. The van der Waals surface area contributed by atoms with E-state index in [9.17, 15) is 9.59 Å². The third kappa shape index (κ3) is 4.58. The number of benzene rings is 2. The summed E-state index contributed by atoms with van der Waals surface area (Å²) in [6, 6.07) is 10.1. The van der Waals surface area contributed by atoms with Gasteiger partial charge in [0.15, 0.2) is 0 Å². The first kappa shape index (κ1) is 19.4. The van der Waals surface area contributed by atoms with Crippen LogP contribution in [0.5, 0.6) is 11.5 Å². The number of amides is 2. The monoisotopic (exact) mass is 377 g/mol. The molecule has 2 aromatic carbocycles. The number of nitrogens with one attached hydrogen (secondary N) is 3. The minimum Gasteiger partial charge on any atom is -0.495 e. The lowest BCUT2D eigenvalue weighted by atomic mass is 10.1. The van der Waals surface area contributed by atoms with Crippen LogP contribution < -0.4 is 25.4 Å². The van der Waals surface area contributed by atoms with Gasteiger partial charge < -0.3 is 25.4 Å². The Balaban J connectivity index is 2.10. The molecule has 3 N–H and O–H groups in total. The van der Waals surface area contributed by atoms with Crippen LogP contribution in [0.4, 0.5) is 11.4 Å². The molecule has 0 saturated heterocycles. The molecule has 0 heterocycles. The standard InChI is InChI=1S/C18H20ClN3O4/c1-20-18(24)11-6-4-5-7-13(11)21-10-17(23)22-14-9-15(25-2)12(19)8-16(14)26-3/h4-9,21H,10H2,1-3H3,(H,20,24)(H,22,23). The van der Waals surface area contributed by atoms with E-state index in [1.165, 1.54) is 14.2 Å². The quantitative estimate of drug-likeness (QED) is 0.690. The Morgan fingerprint density at radius 1 is 1.04 bits per heavy atom. The van der Waals surface area contributed by atoms with Gasteiger partial charge in [-0.2, -0.15) is 0 Å². The van der Waals surface area contributed by atoms with Gasteiger partial charge in [0.05, 0.1) is 37.0 Å². The van der Waals surface area contributed by atoms with E-state index < -0.39 is 0 Å². The molecule has 0 aliphatic heterocycles. The van der Waals surface area contributed by atoms with Gasteiger partial charge in [-0.3, -0.25) is 9.59 Å². The summed E-state index contributed by atoms with van der Waals surface area (Å²) in [7, 11) is 4.51. The summed E-state index contributed by atoms with van der Waals surface area (Å²) >= 11 is 6.05. The summed E-state index contributed by atoms with van der Waals surface area (Å²) in [5, 5.41) is 8.62. The van der Waals surface area contributed by atoms with Crippen LogP contribution in [0.25, 0.3) is 0 Å². The largest absolute Gasteiger partial charge is 0.495 e. The molecule has 0 spiro atoms. The molecular formula is C18H20ClN3O4. The Morgan fingerprint density at radius 3 is 2.38 bits per heavy atom. The highest BCUT2D eigenvalue weighted by molar-refractivity contribution is 6.32. The van der Waals surface area contributed by atoms with Crippen LogP contribution >= 0.6 is 11.6 Å². The van der Waals surface area contributed by atoms with E-state index in [-0.39, 0.29) is 18.4 Å². The van der Waals surface area contributed by atoms with Gasteiger partial charge in [-0.05, 0) is 12.1 Å². The molecule has 0 radical (unpaired) electrons. The van der Waals surface area contributed by atoms with Gasteiger partial charge in [0.2, 0.25) is 5.91 Å². The lowest BCUT2D eigenvalue weighted by molar-refractivity contribution is -0.114. The predicted molar refractivity (Wildman–Crippen MR) is 102 cm³/mol. The maximum atomic E-state index is 12.3. The van der Waals surface area contributed by atoms with Gasteiger partial charge in [-0.25, -0.2) is 0 Å². The Kier molecular flexibility index (Phi) is 6.68. The van der Waals surface area contributed by atoms with Crippen molar-refractivity contribution < 1.29 is 19.1 Å². The second-order valence-electron chi connectivity index (χ2n) is 5.21. The first-order valence-corrected chi connectivity index (χ1v) is 8.14. The molecule has 2 aromatic rings. The van der Waals surface area contributed by atoms with Crippen molar-refractivity contribution in [1.82, 2.24) is 5.32 Å². The number of rotatable bonds is 7. The number of para-hydroxylation sites is 1. The van der Waals surface area contributed by atoms with E-state index in [1.54, 1.807) is 43.4 Å². The summed E-state index contributed by atoms with van der Waals surface area (Å²) in [5.41, 5.74) is 1.44. The van der Waals surface area contributed by atoms with Crippen LogP contribution in [0.1, 0.15) is 10.4 Å². The van der Waals surface area contributed by atoms with E-state index in [0.717, 1.165) is 0 Å². The topological polar surface area (TPSA) is 88.7 Å². The highest BCUT2D eigenvalue weighted by Gasteiger charge is 2.14. The van der Waals surface area contributed by atoms with Gasteiger partial charge in [-0.15, -0.1) is 0 Å². The van der Waals surface area contributed by atoms with Crippen LogP contribution in [-0.2, 0) is 4.79 Å². The summed E-state index contributed by atoms with van der Waals surface area (Å²) < 4.78 is 10.4. The Bertz CT molecular complexity index is 811. The molecular weight excluding hydrogens is 358 g/mol. The minimum absolute atomic E-state index is 0.0396. The molecule has 0 aliphatic rings. The van der Waals surface area contributed by atoms with Crippen LogP contribution in [0, 0.1) is 0 Å². The van der Waals surface area contributed by atoms with Crippen LogP contribution in [0.2, 0.25) is 5.02 Å². The lowest BCUT2D eigenvalue weighted by Gasteiger charge is -2.14. The highest BCUT2D eigenvalue weighted by Crippen LogP contribution is 2.35. The van der Waals surface area contributed by atoms with Gasteiger partial charge in [0.25, 0.3) is 5.91 Å². The molecule has 0 aromatic heterocycles. The molecule has 0 fully saturated rings. The molecule has 0 saturated carbocycles. The number of hydrogen-bond donors (Lipinski definition) is 3.